The zero-order chi connectivity index (χ0) is 22.1. The molecule has 0 fully saturated rings. The monoisotopic (exact) mass is 415 g/mol. The fourth-order valence-corrected chi connectivity index (χ4v) is 2.60. The maximum absolute atomic E-state index is 12.7. The van der Waals surface area contributed by atoms with E-state index in [4.69, 9.17) is 4.74 Å². The number of ether oxygens (including phenoxy) is 1. The van der Waals surface area contributed by atoms with Gasteiger partial charge in [0, 0.05) is 5.56 Å². The van der Waals surface area contributed by atoms with Crippen molar-refractivity contribution < 1.29 is 19.4 Å². The smallest absolute Gasteiger partial charge is 0.287 e. The summed E-state index contributed by atoms with van der Waals surface area (Å²) in [5, 5.41) is 15.9. The summed E-state index contributed by atoms with van der Waals surface area (Å²) in [6.07, 6.45) is 2.98. The number of nitrogens with one attached hydrogen (secondary N) is 2. The van der Waals surface area contributed by atoms with Gasteiger partial charge in [0.2, 0.25) is 0 Å². The highest BCUT2D eigenvalue weighted by Crippen LogP contribution is 2.14. The summed E-state index contributed by atoms with van der Waals surface area (Å²) in [5.41, 5.74) is 4.24. The van der Waals surface area contributed by atoms with E-state index >= 15 is 0 Å². The van der Waals surface area contributed by atoms with Crippen LogP contribution in [-0.4, -0.2) is 30.2 Å². The summed E-state index contributed by atoms with van der Waals surface area (Å²) in [6, 6.07) is 21.9. The summed E-state index contributed by atoms with van der Waals surface area (Å²) in [7, 11) is 1.57. The molecule has 2 amide bonds. The Labute approximate surface area is 179 Å². The predicted molar refractivity (Wildman–Crippen MR) is 119 cm³/mol. The van der Waals surface area contributed by atoms with Crippen LogP contribution in [0.2, 0.25) is 0 Å². The molecule has 3 N–H and O–H groups in total. The molecule has 0 saturated heterocycles. The number of carbonyl (C=O) groups excluding carboxylic acids is 2. The summed E-state index contributed by atoms with van der Waals surface area (Å²) < 4.78 is 5.14. The quantitative estimate of drug-likeness (QED) is 0.313. The summed E-state index contributed by atoms with van der Waals surface area (Å²) in [5.74, 6) is -0.197. The van der Waals surface area contributed by atoms with Crippen molar-refractivity contribution >= 4 is 24.1 Å². The molecule has 0 atom stereocenters. The van der Waals surface area contributed by atoms with Gasteiger partial charge in [0.25, 0.3) is 11.8 Å². The number of benzene rings is 3. The Kier molecular flexibility index (Phi) is 7.16. The molecule has 156 valence electrons. The number of aromatic hydroxyl groups is 1. The molecule has 3 aromatic rings. The molecule has 0 aliphatic carbocycles. The molecular formula is C24H21N3O4. The summed E-state index contributed by atoms with van der Waals surface area (Å²) >= 11 is 0. The first-order valence-corrected chi connectivity index (χ1v) is 9.40. The van der Waals surface area contributed by atoms with E-state index in [-0.39, 0.29) is 11.4 Å². The minimum absolute atomic E-state index is 0.0295. The molecule has 0 aliphatic heterocycles. The zero-order valence-electron chi connectivity index (χ0n) is 16.8. The van der Waals surface area contributed by atoms with Gasteiger partial charge in [0.1, 0.15) is 17.2 Å². The lowest BCUT2D eigenvalue weighted by Crippen LogP contribution is -2.32. The molecule has 0 saturated carbocycles. The van der Waals surface area contributed by atoms with E-state index in [1.165, 1.54) is 18.3 Å². The first-order chi connectivity index (χ1) is 15.0. The molecule has 31 heavy (non-hydrogen) atoms. The predicted octanol–water partition coefficient (Wildman–Crippen LogP) is 3.32. The van der Waals surface area contributed by atoms with E-state index in [1.54, 1.807) is 79.9 Å². The number of methoxy groups -OCH3 is 1. The van der Waals surface area contributed by atoms with Crippen LogP contribution in [0.15, 0.2) is 89.7 Å². The molecule has 0 bridgehead atoms. The van der Waals surface area contributed by atoms with Crippen molar-refractivity contribution in [2.75, 3.05) is 7.11 Å². The van der Waals surface area contributed by atoms with Crippen LogP contribution >= 0.6 is 0 Å². The molecular weight excluding hydrogens is 394 g/mol. The number of rotatable bonds is 7. The van der Waals surface area contributed by atoms with Gasteiger partial charge in [-0.25, -0.2) is 5.43 Å². The minimum Gasteiger partial charge on any atom is -0.508 e. The molecule has 7 nitrogen and oxygen atoms in total. The molecule has 0 aliphatic rings. The van der Waals surface area contributed by atoms with Gasteiger partial charge in [0.15, 0.2) is 0 Å². The fraction of sp³-hybridized carbons (Fsp3) is 0.0417. The van der Waals surface area contributed by atoms with Crippen molar-refractivity contribution in [3.8, 4) is 11.5 Å². The second kappa shape index (κ2) is 10.4. The van der Waals surface area contributed by atoms with Crippen LogP contribution in [-0.2, 0) is 4.79 Å². The number of phenols is 1. The molecule has 0 radical (unpaired) electrons. The number of carbonyl (C=O) groups is 2. The van der Waals surface area contributed by atoms with Crippen LogP contribution in [0.5, 0.6) is 11.5 Å². The average Bonchev–Trinajstić information content (AvgIpc) is 2.81. The average molecular weight is 415 g/mol. The standard InChI is InChI=1S/C24H21N3O4/c1-31-21-13-9-17(10-14-21)15-22(26-23(29)19-5-3-2-4-6-19)24(30)27-25-16-18-7-11-20(28)12-8-18/h2-16,28H,1H3,(H,26,29)(H,27,30). The fourth-order valence-electron chi connectivity index (χ4n) is 2.60. The Morgan fingerprint density at radius 2 is 1.55 bits per heavy atom. The van der Waals surface area contributed by atoms with Crippen LogP contribution in [0.4, 0.5) is 0 Å². The van der Waals surface area contributed by atoms with E-state index in [0.29, 0.717) is 22.4 Å². The highest BCUT2D eigenvalue weighted by Gasteiger charge is 2.14. The van der Waals surface area contributed by atoms with E-state index in [9.17, 15) is 14.7 Å². The van der Waals surface area contributed by atoms with Crippen LogP contribution in [0.25, 0.3) is 6.08 Å². The lowest BCUT2D eigenvalue weighted by molar-refractivity contribution is -0.117. The second-order valence-electron chi connectivity index (χ2n) is 6.44. The van der Waals surface area contributed by atoms with Crippen molar-refractivity contribution in [2.45, 2.75) is 0 Å². The van der Waals surface area contributed by atoms with Gasteiger partial charge in [0.05, 0.1) is 13.3 Å². The third-order valence-electron chi connectivity index (χ3n) is 4.23. The lowest BCUT2D eigenvalue weighted by atomic mass is 10.1. The lowest BCUT2D eigenvalue weighted by Gasteiger charge is -2.09. The van der Waals surface area contributed by atoms with Gasteiger partial charge in [-0.05, 0) is 65.7 Å². The van der Waals surface area contributed by atoms with Gasteiger partial charge in [-0.15, -0.1) is 0 Å². The molecule has 0 unspecified atom stereocenters. The van der Waals surface area contributed by atoms with Crippen molar-refractivity contribution in [3.05, 3.63) is 101 Å². The van der Waals surface area contributed by atoms with Crippen LogP contribution in [0, 0.1) is 0 Å². The first kappa shape index (κ1) is 21.3. The summed E-state index contributed by atoms with van der Waals surface area (Å²) in [4.78, 5) is 25.3. The SMILES string of the molecule is COc1ccc(C=C(NC(=O)c2ccccc2)C(=O)NN=Cc2ccc(O)cc2)cc1. The van der Waals surface area contributed by atoms with Crippen LogP contribution in [0.1, 0.15) is 21.5 Å². The topological polar surface area (TPSA) is 100 Å². The third-order valence-corrected chi connectivity index (χ3v) is 4.23. The molecule has 3 rings (SSSR count). The van der Waals surface area contributed by atoms with Crippen molar-refractivity contribution in [3.63, 3.8) is 0 Å². The van der Waals surface area contributed by atoms with Gasteiger partial charge in [-0.3, -0.25) is 9.59 Å². The summed E-state index contributed by atoms with van der Waals surface area (Å²) in [6.45, 7) is 0. The number of amides is 2. The largest absolute Gasteiger partial charge is 0.508 e. The number of hydrogen-bond donors (Lipinski definition) is 3. The Bertz CT molecular complexity index is 1090. The van der Waals surface area contributed by atoms with E-state index in [0.717, 1.165) is 0 Å². The molecule has 0 aromatic heterocycles. The van der Waals surface area contributed by atoms with E-state index in [1.807, 2.05) is 0 Å². The highest BCUT2D eigenvalue weighted by molar-refractivity contribution is 6.05. The van der Waals surface area contributed by atoms with Gasteiger partial charge in [-0.2, -0.15) is 5.10 Å². The minimum atomic E-state index is -0.588. The van der Waals surface area contributed by atoms with Gasteiger partial charge >= 0.3 is 0 Å². The normalized spacial score (nSPS) is 11.2. The van der Waals surface area contributed by atoms with Crippen LogP contribution < -0.4 is 15.5 Å². The molecule has 0 heterocycles. The first-order valence-electron chi connectivity index (χ1n) is 9.40. The number of phenolic OH excluding ortho intramolecular Hbond substituents is 1. The zero-order valence-corrected chi connectivity index (χ0v) is 16.8. The highest BCUT2D eigenvalue weighted by atomic mass is 16.5. The van der Waals surface area contributed by atoms with Gasteiger partial charge < -0.3 is 15.2 Å². The Morgan fingerprint density at radius 3 is 2.19 bits per heavy atom. The second-order valence-corrected chi connectivity index (χ2v) is 6.44. The maximum atomic E-state index is 12.7. The molecule has 3 aromatic carbocycles. The van der Waals surface area contributed by atoms with Crippen molar-refractivity contribution in [2.24, 2.45) is 5.10 Å². The molecule has 0 spiro atoms. The Hall–Kier alpha value is -4.39. The van der Waals surface area contributed by atoms with E-state index in [2.05, 4.69) is 15.8 Å². The van der Waals surface area contributed by atoms with Crippen molar-refractivity contribution in [1.29, 1.82) is 0 Å². The number of hydrogen-bond acceptors (Lipinski definition) is 5. The van der Waals surface area contributed by atoms with Gasteiger partial charge in [-0.1, -0.05) is 30.3 Å². The Morgan fingerprint density at radius 1 is 0.903 bits per heavy atom. The maximum Gasteiger partial charge on any atom is 0.287 e. The Balaban J connectivity index is 1.79. The number of hydrazone groups is 1. The third kappa shape index (κ3) is 6.30. The number of nitrogens with zero attached hydrogens (tertiary/aromatic N) is 1. The van der Waals surface area contributed by atoms with Crippen molar-refractivity contribution in [1.82, 2.24) is 10.7 Å². The molecule has 7 heteroatoms. The van der Waals surface area contributed by atoms with Crippen LogP contribution in [0.3, 0.4) is 0 Å². The van der Waals surface area contributed by atoms with E-state index < -0.39 is 11.8 Å².